The Balaban J connectivity index is 2.81. The fourth-order valence-corrected chi connectivity index (χ4v) is 1.22. The Bertz CT molecular complexity index is 235. The summed E-state index contributed by atoms with van der Waals surface area (Å²) in [5, 5.41) is 1.58. The van der Waals surface area contributed by atoms with Gasteiger partial charge in [-0.15, -0.1) is 0 Å². The molecule has 0 bridgehead atoms. The average molecular weight is 181 g/mol. The third kappa shape index (κ3) is 2.25. The topological polar surface area (TPSA) is 41.3 Å². The highest BCUT2D eigenvalue weighted by Crippen LogP contribution is 2.32. The van der Waals surface area contributed by atoms with Crippen molar-refractivity contribution in [2.45, 2.75) is 27.7 Å². The van der Waals surface area contributed by atoms with Crippen LogP contribution in [0.1, 0.15) is 27.7 Å². The van der Waals surface area contributed by atoms with Gasteiger partial charge in [-0.1, -0.05) is 27.7 Å². The third-order valence-corrected chi connectivity index (χ3v) is 2.60. The van der Waals surface area contributed by atoms with Crippen LogP contribution in [0, 0.1) is 11.3 Å². The van der Waals surface area contributed by atoms with Crippen molar-refractivity contribution in [2.24, 2.45) is 17.2 Å². The van der Waals surface area contributed by atoms with Crippen LogP contribution in [0.2, 0.25) is 0 Å². The SMILES string of the molecule is CC(C1=CC=CNN1N)C(C)(C)C. The van der Waals surface area contributed by atoms with Gasteiger partial charge in [0.25, 0.3) is 0 Å². The molecule has 0 aliphatic carbocycles. The molecule has 0 aromatic heterocycles. The first-order valence-electron chi connectivity index (χ1n) is 4.60. The third-order valence-electron chi connectivity index (χ3n) is 2.60. The lowest BCUT2D eigenvalue weighted by Gasteiger charge is -2.35. The number of rotatable bonds is 1. The number of nitrogens with two attached hydrogens (primary N) is 1. The van der Waals surface area contributed by atoms with Gasteiger partial charge in [-0.25, -0.2) is 11.0 Å². The van der Waals surface area contributed by atoms with Crippen LogP contribution in [-0.4, -0.2) is 5.12 Å². The molecule has 13 heavy (non-hydrogen) atoms. The maximum absolute atomic E-state index is 5.78. The lowest BCUT2D eigenvalue weighted by Crippen LogP contribution is -2.44. The van der Waals surface area contributed by atoms with Crippen LogP contribution in [0.25, 0.3) is 0 Å². The van der Waals surface area contributed by atoms with Crippen LogP contribution in [-0.2, 0) is 0 Å². The first kappa shape index (κ1) is 10.1. The van der Waals surface area contributed by atoms with Crippen molar-refractivity contribution < 1.29 is 0 Å². The van der Waals surface area contributed by atoms with Crippen LogP contribution in [0.4, 0.5) is 0 Å². The maximum Gasteiger partial charge on any atom is 0.0561 e. The minimum atomic E-state index is 0.232. The summed E-state index contributed by atoms with van der Waals surface area (Å²) in [7, 11) is 0. The van der Waals surface area contributed by atoms with E-state index in [2.05, 4.69) is 33.1 Å². The number of hydrazine groups is 2. The van der Waals surface area contributed by atoms with E-state index >= 15 is 0 Å². The van der Waals surface area contributed by atoms with Gasteiger partial charge in [0.2, 0.25) is 0 Å². The monoisotopic (exact) mass is 181 g/mol. The summed E-state index contributed by atoms with van der Waals surface area (Å²) in [6.07, 6.45) is 5.84. The van der Waals surface area contributed by atoms with Gasteiger partial charge in [-0.2, -0.15) is 0 Å². The Hall–Kier alpha value is -0.960. The molecule has 1 rings (SSSR count). The molecule has 3 N–H and O–H groups in total. The smallest absolute Gasteiger partial charge is 0.0561 e. The molecule has 0 aromatic rings. The van der Waals surface area contributed by atoms with Crippen molar-refractivity contribution in [3.05, 3.63) is 24.0 Å². The molecule has 0 fully saturated rings. The summed E-state index contributed by atoms with van der Waals surface area (Å²) in [4.78, 5) is 0. The summed E-state index contributed by atoms with van der Waals surface area (Å²) in [5.74, 6) is 6.21. The molecular weight excluding hydrogens is 162 g/mol. The van der Waals surface area contributed by atoms with Crippen LogP contribution < -0.4 is 11.3 Å². The highest BCUT2D eigenvalue weighted by molar-refractivity contribution is 5.17. The Kier molecular flexibility index (Phi) is 2.66. The van der Waals surface area contributed by atoms with Gasteiger partial charge in [-0.05, 0) is 17.6 Å². The predicted octanol–water partition coefficient (Wildman–Crippen LogP) is 1.76. The molecule has 1 aliphatic rings. The second-order valence-corrected chi connectivity index (χ2v) is 4.54. The van der Waals surface area contributed by atoms with E-state index in [9.17, 15) is 0 Å². The van der Waals surface area contributed by atoms with E-state index in [0.717, 1.165) is 5.70 Å². The molecule has 0 radical (unpaired) electrons. The molecule has 0 saturated heterocycles. The van der Waals surface area contributed by atoms with Crippen molar-refractivity contribution in [1.29, 1.82) is 0 Å². The molecule has 1 unspecified atom stereocenters. The molecular formula is C10H19N3. The average Bonchev–Trinajstić information content (AvgIpc) is 2.02. The molecule has 1 atom stereocenters. The lowest BCUT2D eigenvalue weighted by molar-refractivity contribution is 0.194. The second-order valence-electron chi connectivity index (χ2n) is 4.54. The zero-order valence-electron chi connectivity index (χ0n) is 8.83. The van der Waals surface area contributed by atoms with E-state index in [-0.39, 0.29) is 5.41 Å². The second kappa shape index (κ2) is 3.42. The van der Waals surface area contributed by atoms with Gasteiger partial charge in [0.15, 0.2) is 0 Å². The molecule has 0 amide bonds. The molecule has 0 aromatic carbocycles. The van der Waals surface area contributed by atoms with Crippen LogP contribution in [0.5, 0.6) is 0 Å². The summed E-state index contributed by atoms with van der Waals surface area (Å²) >= 11 is 0. The molecule has 3 heteroatoms. The summed E-state index contributed by atoms with van der Waals surface area (Å²) in [5.41, 5.74) is 4.30. The van der Waals surface area contributed by atoms with Gasteiger partial charge in [0, 0.05) is 12.1 Å². The zero-order chi connectivity index (χ0) is 10.1. The van der Waals surface area contributed by atoms with Crippen molar-refractivity contribution in [2.75, 3.05) is 0 Å². The maximum atomic E-state index is 5.78. The Morgan fingerprint density at radius 1 is 1.46 bits per heavy atom. The highest BCUT2D eigenvalue weighted by atomic mass is 15.7. The fraction of sp³-hybridized carbons (Fsp3) is 0.600. The summed E-state index contributed by atoms with van der Waals surface area (Å²) in [6, 6.07) is 0. The van der Waals surface area contributed by atoms with E-state index in [1.807, 2.05) is 18.4 Å². The Labute approximate surface area is 80.2 Å². The van der Waals surface area contributed by atoms with Crippen molar-refractivity contribution >= 4 is 0 Å². The van der Waals surface area contributed by atoms with Gasteiger partial charge in [0.05, 0.1) is 5.70 Å². The van der Waals surface area contributed by atoms with E-state index in [4.69, 9.17) is 5.84 Å². The van der Waals surface area contributed by atoms with E-state index < -0.39 is 0 Å². The summed E-state index contributed by atoms with van der Waals surface area (Å²) < 4.78 is 0. The molecule has 1 aliphatic heterocycles. The number of nitrogens with zero attached hydrogens (tertiary/aromatic N) is 1. The zero-order valence-corrected chi connectivity index (χ0v) is 8.83. The lowest BCUT2D eigenvalue weighted by atomic mass is 9.80. The minimum Gasteiger partial charge on any atom is -0.292 e. The van der Waals surface area contributed by atoms with Crippen LogP contribution in [0.15, 0.2) is 24.0 Å². The number of hydrogen-bond acceptors (Lipinski definition) is 3. The first-order valence-corrected chi connectivity index (χ1v) is 4.60. The van der Waals surface area contributed by atoms with Crippen molar-refractivity contribution in [1.82, 2.24) is 10.5 Å². The van der Waals surface area contributed by atoms with Gasteiger partial charge >= 0.3 is 0 Å². The van der Waals surface area contributed by atoms with Crippen LogP contribution in [0.3, 0.4) is 0 Å². The van der Waals surface area contributed by atoms with Gasteiger partial charge in [0.1, 0.15) is 0 Å². The standard InChI is InChI=1S/C10H19N3/c1-8(10(2,3)4)9-6-5-7-12-13(9)11/h5-8,12H,11H2,1-4H3. The molecule has 0 saturated carbocycles. The minimum absolute atomic E-state index is 0.232. The Morgan fingerprint density at radius 3 is 2.54 bits per heavy atom. The van der Waals surface area contributed by atoms with Crippen LogP contribution >= 0.6 is 0 Å². The van der Waals surface area contributed by atoms with E-state index in [1.165, 1.54) is 0 Å². The van der Waals surface area contributed by atoms with Crippen molar-refractivity contribution in [3.63, 3.8) is 0 Å². The molecule has 1 heterocycles. The van der Waals surface area contributed by atoms with Gasteiger partial charge < -0.3 is 0 Å². The summed E-state index contributed by atoms with van der Waals surface area (Å²) in [6.45, 7) is 8.83. The fourth-order valence-electron chi connectivity index (χ4n) is 1.22. The highest BCUT2D eigenvalue weighted by Gasteiger charge is 2.26. The predicted molar refractivity (Wildman–Crippen MR) is 55.0 cm³/mol. The first-order chi connectivity index (χ1) is 5.93. The Morgan fingerprint density at radius 2 is 2.08 bits per heavy atom. The number of hydrogen-bond donors (Lipinski definition) is 2. The van der Waals surface area contributed by atoms with E-state index in [1.54, 1.807) is 5.12 Å². The largest absolute Gasteiger partial charge is 0.292 e. The number of nitrogens with one attached hydrogen (secondary N) is 1. The van der Waals surface area contributed by atoms with Crippen molar-refractivity contribution in [3.8, 4) is 0 Å². The quantitative estimate of drug-likeness (QED) is 0.606. The normalized spacial score (nSPS) is 19.5. The molecule has 74 valence electrons. The number of allylic oxidation sites excluding steroid dienone is 3. The molecule has 0 spiro atoms. The molecule has 3 nitrogen and oxygen atoms in total. The van der Waals surface area contributed by atoms with Gasteiger partial charge in [-0.3, -0.25) is 5.43 Å². The van der Waals surface area contributed by atoms with E-state index in [0.29, 0.717) is 5.92 Å².